The number of rotatable bonds is 6. The van der Waals surface area contributed by atoms with E-state index in [0.717, 1.165) is 49.8 Å². The van der Waals surface area contributed by atoms with Crippen molar-refractivity contribution < 1.29 is 19.4 Å². The van der Waals surface area contributed by atoms with Gasteiger partial charge in [-0.3, -0.25) is 0 Å². The first-order chi connectivity index (χ1) is 10.8. The van der Waals surface area contributed by atoms with Crippen LogP contribution in [0.3, 0.4) is 0 Å². The third-order valence-electron chi connectivity index (χ3n) is 4.84. The second-order valence-corrected chi connectivity index (χ2v) is 13.7. The van der Waals surface area contributed by atoms with Gasteiger partial charge in [-0.25, -0.2) is 9.48 Å². The van der Waals surface area contributed by atoms with Crippen molar-refractivity contribution in [2.75, 3.05) is 19.8 Å². The van der Waals surface area contributed by atoms with Crippen LogP contribution in [0.15, 0.2) is 0 Å². The Labute approximate surface area is 137 Å². The minimum absolute atomic E-state index is 0.193. The molecule has 0 bridgehead atoms. The molecule has 2 aliphatic rings. The topological polar surface area (TPSA) is 73.6 Å². The summed E-state index contributed by atoms with van der Waals surface area (Å²) in [6.07, 6.45) is 2.61. The Morgan fingerprint density at radius 1 is 1.43 bits per heavy atom. The van der Waals surface area contributed by atoms with Gasteiger partial charge in [-0.15, -0.1) is 0 Å². The molecule has 1 spiro atoms. The molecule has 0 atom stereocenters. The van der Waals surface area contributed by atoms with Gasteiger partial charge in [0.15, 0.2) is 5.69 Å². The van der Waals surface area contributed by atoms with Crippen LogP contribution in [0.4, 0.5) is 0 Å². The molecule has 1 aromatic heterocycles. The van der Waals surface area contributed by atoms with Crippen LogP contribution < -0.4 is 0 Å². The van der Waals surface area contributed by atoms with Crippen LogP contribution >= 0.6 is 0 Å². The molecule has 2 heterocycles. The Kier molecular flexibility index (Phi) is 4.37. The average Bonchev–Trinajstić information content (AvgIpc) is 2.79. The Hall–Kier alpha value is -1.18. The zero-order valence-corrected chi connectivity index (χ0v) is 15.2. The minimum Gasteiger partial charge on any atom is -0.476 e. The van der Waals surface area contributed by atoms with E-state index in [-0.39, 0.29) is 11.1 Å². The van der Waals surface area contributed by atoms with Crippen molar-refractivity contribution in [3.63, 3.8) is 0 Å². The fraction of sp³-hybridized carbons (Fsp3) is 0.750. The summed E-state index contributed by atoms with van der Waals surface area (Å²) in [7, 11) is -1.12. The zero-order valence-electron chi connectivity index (χ0n) is 14.2. The fourth-order valence-electron chi connectivity index (χ4n) is 3.27. The molecule has 1 aliphatic heterocycles. The molecule has 6 nitrogen and oxygen atoms in total. The van der Waals surface area contributed by atoms with Crippen molar-refractivity contribution in [1.82, 2.24) is 9.78 Å². The van der Waals surface area contributed by atoms with Crippen molar-refractivity contribution in [2.45, 2.75) is 51.7 Å². The maximum Gasteiger partial charge on any atom is 0.356 e. The number of ether oxygens (including phenoxy) is 2. The number of carboxylic acid groups (broad SMARTS) is 1. The molecule has 1 N–H and O–H groups in total. The molecule has 7 heteroatoms. The van der Waals surface area contributed by atoms with E-state index in [2.05, 4.69) is 24.7 Å². The van der Waals surface area contributed by atoms with Gasteiger partial charge in [0.1, 0.15) is 6.73 Å². The molecule has 0 aromatic carbocycles. The predicted octanol–water partition coefficient (Wildman–Crippen LogP) is 2.40. The molecular formula is C16H26N2O4Si. The van der Waals surface area contributed by atoms with E-state index in [9.17, 15) is 9.90 Å². The smallest absolute Gasteiger partial charge is 0.356 e. The molecular weight excluding hydrogens is 312 g/mol. The van der Waals surface area contributed by atoms with Crippen LogP contribution in [-0.2, 0) is 29.0 Å². The van der Waals surface area contributed by atoms with Gasteiger partial charge in [0.25, 0.3) is 0 Å². The Balaban J connectivity index is 1.73. The van der Waals surface area contributed by atoms with E-state index in [1.165, 1.54) is 0 Å². The lowest BCUT2D eigenvalue weighted by molar-refractivity contribution is -0.121. The second kappa shape index (κ2) is 6.03. The summed E-state index contributed by atoms with van der Waals surface area (Å²) in [6, 6.07) is 1.10. The summed E-state index contributed by atoms with van der Waals surface area (Å²) >= 11 is 0. The SMILES string of the molecule is C[Si](C)(C)CCOCn1nc(C(=O)O)c2c1CC1(CC2)COC1. The first kappa shape index (κ1) is 16.7. The quantitative estimate of drug-likeness (QED) is 0.637. The number of nitrogens with zero attached hydrogens (tertiary/aromatic N) is 2. The number of aromatic nitrogens is 2. The third kappa shape index (κ3) is 3.51. The Bertz CT molecular complexity index is 602. The standard InChI is InChI=1S/C16H26N2O4Si/c1-23(2,3)7-6-21-11-18-13-8-16(9-22-10-16)5-4-12(13)14(17-18)15(19)20/h4-11H2,1-3H3,(H,19,20). The number of hydrogen-bond donors (Lipinski definition) is 1. The summed E-state index contributed by atoms with van der Waals surface area (Å²) in [6.45, 7) is 9.55. The van der Waals surface area contributed by atoms with Crippen LogP contribution in [0.2, 0.25) is 25.7 Å². The molecule has 1 aromatic rings. The summed E-state index contributed by atoms with van der Waals surface area (Å²) in [5.41, 5.74) is 2.32. The second-order valence-electron chi connectivity index (χ2n) is 8.10. The predicted molar refractivity (Wildman–Crippen MR) is 88.6 cm³/mol. The van der Waals surface area contributed by atoms with Crippen molar-refractivity contribution in [2.24, 2.45) is 5.41 Å². The first-order valence-corrected chi connectivity index (χ1v) is 12.0. The van der Waals surface area contributed by atoms with Crippen molar-refractivity contribution >= 4 is 14.0 Å². The molecule has 3 rings (SSSR count). The molecule has 128 valence electrons. The minimum atomic E-state index is -1.12. The van der Waals surface area contributed by atoms with E-state index in [1.54, 1.807) is 4.68 Å². The lowest BCUT2D eigenvalue weighted by atomic mass is 9.72. The van der Waals surface area contributed by atoms with Gasteiger partial charge in [0.2, 0.25) is 0 Å². The lowest BCUT2D eigenvalue weighted by Gasteiger charge is -2.44. The molecule has 0 saturated carbocycles. The van der Waals surface area contributed by atoms with Crippen LogP contribution in [0.5, 0.6) is 0 Å². The van der Waals surface area contributed by atoms with Crippen LogP contribution in [-0.4, -0.2) is 48.8 Å². The monoisotopic (exact) mass is 338 g/mol. The Morgan fingerprint density at radius 2 is 2.17 bits per heavy atom. The van der Waals surface area contributed by atoms with Crippen LogP contribution in [0.1, 0.15) is 28.2 Å². The Morgan fingerprint density at radius 3 is 2.74 bits per heavy atom. The highest BCUT2D eigenvalue weighted by molar-refractivity contribution is 6.76. The number of hydrogen-bond acceptors (Lipinski definition) is 4. The molecule has 0 radical (unpaired) electrons. The maximum absolute atomic E-state index is 11.5. The van der Waals surface area contributed by atoms with E-state index >= 15 is 0 Å². The van der Waals surface area contributed by atoms with Gasteiger partial charge in [-0.05, 0) is 25.3 Å². The molecule has 1 saturated heterocycles. The highest BCUT2D eigenvalue weighted by Crippen LogP contribution is 2.42. The van der Waals surface area contributed by atoms with Gasteiger partial charge < -0.3 is 14.6 Å². The van der Waals surface area contributed by atoms with E-state index in [0.29, 0.717) is 13.3 Å². The van der Waals surface area contributed by atoms with Crippen molar-refractivity contribution in [1.29, 1.82) is 0 Å². The number of fused-ring (bicyclic) bond motifs is 1. The molecule has 1 fully saturated rings. The van der Waals surface area contributed by atoms with Crippen molar-refractivity contribution in [3.8, 4) is 0 Å². The van der Waals surface area contributed by atoms with Gasteiger partial charge in [0.05, 0.1) is 13.2 Å². The van der Waals surface area contributed by atoms with E-state index in [1.807, 2.05) is 0 Å². The average molecular weight is 338 g/mol. The number of carboxylic acids is 1. The summed E-state index contributed by atoms with van der Waals surface area (Å²) in [5.74, 6) is -0.942. The summed E-state index contributed by atoms with van der Waals surface area (Å²) < 4.78 is 12.9. The first-order valence-electron chi connectivity index (χ1n) is 8.27. The van der Waals surface area contributed by atoms with Crippen LogP contribution in [0, 0.1) is 5.41 Å². The van der Waals surface area contributed by atoms with Crippen LogP contribution in [0.25, 0.3) is 0 Å². The molecule has 23 heavy (non-hydrogen) atoms. The molecule has 1 aliphatic carbocycles. The summed E-state index contributed by atoms with van der Waals surface area (Å²) in [4.78, 5) is 11.5. The maximum atomic E-state index is 11.5. The van der Waals surface area contributed by atoms with E-state index < -0.39 is 14.0 Å². The highest BCUT2D eigenvalue weighted by Gasteiger charge is 2.44. The normalized spacial score (nSPS) is 19.4. The number of aromatic carboxylic acids is 1. The van der Waals surface area contributed by atoms with Gasteiger partial charge in [-0.2, -0.15) is 5.10 Å². The molecule has 0 amide bonds. The van der Waals surface area contributed by atoms with Gasteiger partial charge in [0, 0.05) is 31.4 Å². The lowest BCUT2D eigenvalue weighted by Crippen LogP contribution is -2.47. The van der Waals surface area contributed by atoms with E-state index in [4.69, 9.17) is 9.47 Å². The van der Waals surface area contributed by atoms with Crippen molar-refractivity contribution in [3.05, 3.63) is 17.0 Å². The third-order valence-corrected chi connectivity index (χ3v) is 6.55. The summed E-state index contributed by atoms with van der Waals surface area (Å²) in [5, 5.41) is 13.7. The zero-order chi connectivity index (χ0) is 16.7. The van der Waals surface area contributed by atoms with Gasteiger partial charge >= 0.3 is 5.97 Å². The number of carbonyl (C=O) groups is 1. The largest absolute Gasteiger partial charge is 0.476 e. The molecule has 0 unspecified atom stereocenters. The fourth-order valence-corrected chi connectivity index (χ4v) is 4.03. The van der Waals surface area contributed by atoms with Gasteiger partial charge in [-0.1, -0.05) is 19.6 Å². The highest BCUT2D eigenvalue weighted by atomic mass is 28.3.